The minimum Gasteiger partial charge on any atom is -0.331 e. The fourth-order valence-corrected chi connectivity index (χ4v) is 3.53. The molecule has 1 unspecified atom stereocenters. The number of nitrogens with zero attached hydrogens (tertiary/aromatic N) is 4. The van der Waals surface area contributed by atoms with E-state index in [1.165, 1.54) is 21.6 Å². The highest BCUT2D eigenvalue weighted by atomic mass is 32.1. The molecule has 0 saturated heterocycles. The van der Waals surface area contributed by atoms with Crippen LogP contribution in [0.25, 0.3) is 0 Å². The molecule has 6 nitrogen and oxygen atoms in total. The smallest absolute Gasteiger partial charge is 0.318 e. The predicted molar refractivity (Wildman–Crippen MR) is 92.4 cm³/mol. The minimum atomic E-state index is -0.102. The Morgan fingerprint density at radius 1 is 1.43 bits per heavy atom. The maximum Gasteiger partial charge on any atom is 0.318 e. The van der Waals surface area contributed by atoms with Crippen molar-refractivity contribution in [1.29, 1.82) is 0 Å². The normalized spacial score (nSPS) is 12.5. The van der Waals surface area contributed by atoms with Crippen molar-refractivity contribution in [2.75, 3.05) is 7.05 Å². The van der Waals surface area contributed by atoms with Gasteiger partial charge >= 0.3 is 6.03 Å². The Balaban J connectivity index is 2.09. The van der Waals surface area contributed by atoms with Crippen LogP contribution in [-0.4, -0.2) is 32.7 Å². The number of amides is 2. The molecular formula is C16H25N5OS. The van der Waals surface area contributed by atoms with E-state index in [0.717, 1.165) is 5.82 Å². The lowest BCUT2D eigenvalue weighted by Gasteiger charge is -2.26. The first-order valence-electron chi connectivity index (χ1n) is 7.71. The number of urea groups is 1. The second kappa shape index (κ2) is 7.12. The summed E-state index contributed by atoms with van der Waals surface area (Å²) in [6.45, 7) is 8.88. The summed E-state index contributed by atoms with van der Waals surface area (Å²) in [5, 5.41) is 7.18. The molecule has 0 aliphatic rings. The molecule has 2 heterocycles. The average Bonchev–Trinajstić information content (AvgIpc) is 3.01. The van der Waals surface area contributed by atoms with Crippen molar-refractivity contribution in [2.24, 2.45) is 13.0 Å². The van der Waals surface area contributed by atoms with E-state index < -0.39 is 0 Å². The summed E-state index contributed by atoms with van der Waals surface area (Å²) in [7, 11) is 3.59. The van der Waals surface area contributed by atoms with Crippen LogP contribution in [0.3, 0.4) is 0 Å². The van der Waals surface area contributed by atoms with Gasteiger partial charge in [-0.3, -0.25) is 4.68 Å². The van der Waals surface area contributed by atoms with Crippen LogP contribution in [0.4, 0.5) is 4.79 Å². The van der Waals surface area contributed by atoms with Gasteiger partial charge in [-0.15, -0.1) is 11.3 Å². The lowest BCUT2D eigenvalue weighted by Crippen LogP contribution is -2.41. The zero-order chi connectivity index (χ0) is 17.1. The van der Waals surface area contributed by atoms with E-state index in [1.54, 1.807) is 28.0 Å². The Morgan fingerprint density at radius 3 is 2.61 bits per heavy atom. The molecule has 7 heteroatoms. The first-order chi connectivity index (χ1) is 10.8. The molecular weight excluding hydrogens is 310 g/mol. The number of aryl methyl sites for hydroxylation is 3. The monoisotopic (exact) mass is 335 g/mol. The van der Waals surface area contributed by atoms with E-state index in [2.05, 4.69) is 49.2 Å². The van der Waals surface area contributed by atoms with Crippen LogP contribution in [-0.2, 0) is 13.6 Å². The Kier molecular flexibility index (Phi) is 5.41. The number of aromatic nitrogens is 3. The minimum absolute atomic E-state index is 0.00870. The highest BCUT2D eigenvalue weighted by molar-refractivity contribution is 7.12. The fourth-order valence-electron chi connectivity index (χ4n) is 2.55. The summed E-state index contributed by atoms with van der Waals surface area (Å²) in [4.78, 5) is 20.9. The van der Waals surface area contributed by atoms with Gasteiger partial charge in [0.1, 0.15) is 12.2 Å². The van der Waals surface area contributed by atoms with E-state index in [-0.39, 0.29) is 12.1 Å². The first-order valence-corrected chi connectivity index (χ1v) is 8.52. The van der Waals surface area contributed by atoms with Gasteiger partial charge in [0.25, 0.3) is 0 Å². The maximum absolute atomic E-state index is 12.5. The quantitative estimate of drug-likeness (QED) is 0.913. The molecule has 0 aromatic carbocycles. The van der Waals surface area contributed by atoms with E-state index in [4.69, 9.17) is 0 Å². The molecule has 0 spiro atoms. The second-order valence-electron chi connectivity index (χ2n) is 6.20. The number of rotatable bonds is 5. The number of thiophene rings is 1. The Hall–Kier alpha value is -1.89. The van der Waals surface area contributed by atoms with E-state index >= 15 is 0 Å². The molecule has 0 bridgehead atoms. The molecule has 0 aliphatic carbocycles. The second-order valence-corrected chi connectivity index (χ2v) is 7.66. The number of hydrogen-bond donors (Lipinski definition) is 1. The Morgan fingerprint density at radius 2 is 2.13 bits per heavy atom. The average molecular weight is 335 g/mol. The molecule has 2 aromatic heterocycles. The molecule has 0 fully saturated rings. The molecule has 126 valence electrons. The van der Waals surface area contributed by atoms with E-state index in [9.17, 15) is 4.79 Å². The summed E-state index contributed by atoms with van der Waals surface area (Å²) in [5.41, 5.74) is 1.21. The Labute approximate surface area is 141 Å². The van der Waals surface area contributed by atoms with Crippen molar-refractivity contribution in [3.8, 4) is 0 Å². The Bertz CT molecular complexity index is 676. The number of carbonyl (C=O) groups excluding carboxylic acids is 1. The molecule has 2 rings (SSSR count). The van der Waals surface area contributed by atoms with E-state index in [1.807, 2.05) is 7.05 Å². The van der Waals surface area contributed by atoms with Gasteiger partial charge in [-0.05, 0) is 31.4 Å². The molecule has 1 atom stereocenters. The highest BCUT2D eigenvalue weighted by Crippen LogP contribution is 2.30. The summed E-state index contributed by atoms with van der Waals surface area (Å²) in [6.07, 6.45) is 1.50. The van der Waals surface area contributed by atoms with Crippen LogP contribution < -0.4 is 5.32 Å². The molecule has 2 aromatic rings. The number of nitrogens with one attached hydrogen (secondary N) is 1. The van der Waals surface area contributed by atoms with Crippen LogP contribution in [0, 0.1) is 19.8 Å². The van der Waals surface area contributed by atoms with Gasteiger partial charge in [0, 0.05) is 23.8 Å². The molecule has 23 heavy (non-hydrogen) atoms. The van der Waals surface area contributed by atoms with Gasteiger partial charge in [0.2, 0.25) is 0 Å². The zero-order valence-electron chi connectivity index (χ0n) is 14.6. The van der Waals surface area contributed by atoms with Crippen molar-refractivity contribution in [2.45, 2.75) is 40.3 Å². The zero-order valence-corrected chi connectivity index (χ0v) is 15.4. The molecule has 0 saturated carbocycles. The predicted octanol–water partition coefficient (Wildman–Crippen LogP) is 3.03. The van der Waals surface area contributed by atoms with Crippen LogP contribution >= 0.6 is 11.3 Å². The lowest BCUT2D eigenvalue weighted by molar-refractivity contribution is 0.197. The third-order valence-electron chi connectivity index (χ3n) is 3.89. The highest BCUT2D eigenvalue weighted by Gasteiger charge is 2.23. The number of hydrogen-bond acceptors (Lipinski definition) is 4. The van der Waals surface area contributed by atoms with E-state index in [0.29, 0.717) is 12.5 Å². The van der Waals surface area contributed by atoms with Crippen molar-refractivity contribution >= 4 is 17.4 Å². The SMILES string of the molecule is Cc1cc(C(NC(=O)N(C)Cc2ncnn2C)C(C)C)c(C)s1. The number of carbonyl (C=O) groups is 1. The van der Waals surface area contributed by atoms with Crippen LogP contribution in [0.2, 0.25) is 0 Å². The van der Waals surface area contributed by atoms with Gasteiger partial charge in [0.05, 0.1) is 12.6 Å². The molecule has 2 amide bonds. The standard InChI is InChI=1S/C16H25N5OS/c1-10(2)15(13-7-11(3)23-12(13)4)19-16(22)20(5)8-14-17-9-18-21(14)6/h7,9-10,15H,8H2,1-6H3,(H,19,22). The van der Waals surface area contributed by atoms with Gasteiger partial charge in [-0.1, -0.05) is 13.8 Å². The van der Waals surface area contributed by atoms with Crippen molar-refractivity contribution < 1.29 is 4.79 Å². The molecule has 0 aliphatic heterocycles. The summed E-state index contributed by atoms with van der Waals surface area (Å²) in [5.74, 6) is 1.07. The van der Waals surface area contributed by atoms with Crippen molar-refractivity contribution in [1.82, 2.24) is 25.0 Å². The van der Waals surface area contributed by atoms with Crippen LogP contribution in [0.5, 0.6) is 0 Å². The largest absolute Gasteiger partial charge is 0.331 e. The van der Waals surface area contributed by atoms with Gasteiger partial charge in [-0.2, -0.15) is 5.10 Å². The van der Waals surface area contributed by atoms with Gasteiger partial charge in [0.15, 0.2) is 0 Å². The first kappa shape index (κ1) is 17.5. The summed E-state index contributed by atoms with van der Waals surface area (Å²) >= 11 is 1.77. The maximum atomic E-state index is 12.5. The van der Waals surface area contributed by atoms with Crippen LogP contribution in [0.1, 0.15) is 41.0 Å². The summed E-state index contributed by atoms with van der Waals surface area (Å²) < 4.78 is 1.68. The molecule has 1 N–H and O–H groups in total. The van der Waals surface area contributed by atoms with Gasteiger partial charge < -0.3 is 10.2 Å². The third kappa shape index (κ3) is 4.10. The summed E-state index contributed by atoms with van der Waals surface area (Å²) in [6, 6.07) is 2.08. The fraction of sp³-hybridized carbons (Fsp3) is 0.562. The molecule has 0 radical (unpaired) electrons. The third-order valence-corrected chi connectivity index (χ3v) is 4.87. The van der Waals surface area contributed by atoms with Crippen LogP contribution in [0.15, 0.2) is 12.4 Å². The van der Waals surface area contributed by atoms with Crippen molar-refractivity contribution in [3.05, 3.63) is 33.5 Å². The lowest BCUT2D eigenvalue weighted by atomic mass is 9.96. The van der Waals surface area contributed by atoms with Gasteiger partial charge in [-0.25, -0.2) is 9.78 Å². The van der Waals surface area contributed by atoms with Crippen molar-refractivity contribution in [3.63, 3.8) is 0 Å². The topological polar surface area (TPSA) is 63.1 Å².